The van der Waals surface area contributed by atoms with E-state index in [0.29, 0.717) is 28.3 Å². The van der Waals surface area contributed by atoms with E-state index < -0.39 is 24.3 Å². The van der Waals surface area contributed by atoms with Crippen LogP contribution in [0.2, 0.25) is 0 Å². The van der Waals surface area contributed by atoms with Crippen molar-refractivity contribution in [3.05, 3.63) is 16.8 Å². The topological polar surface area (TPSA) is 67.4 Å². The number of ether oxygens (including phenoxy) is 1. The molecule has 1 fully saturated rings. The second-order valence-electron chi connectivity index (χ2n) is 8.74. The number of aromatic nitrogens is 2. The van der Waals surface area contributed by atoms with Crippen LogP contribution < -0.4 is 10.2 Å². The molecular weight excluding hydrogens is 417 g/mol. The number of nitrogens with zero attached hydrogens (tertiary/aromatic N) is 3. The monoisotopic (exact) mass is 444 g/mol. The van der Waals surface area contributed by atoms with E-state index in [9.17, 15) is 18.0 Å². The lowest BCUT2D eigenvalue weighted by Crippen LogP contribution is -2.39. The molecule has 3 rings (SSSR count). The van der Waals surface area contributed by atoms with Crippen molar-refractivity contribution in [2.45, 2.75) is 77.2 Å². The van der Waals surface area contributed by atoms with Crippen LogP contribution in [0, 0.1) is 6.92 Å². The molecule has 2 aromatic rings. The van der Waals surface area contributed by atoms with Gasteiger partial charge in [0.2, 0.25) is 0 Å². The maximum Gasteiger partial charge on any atom is 0.407 e. The van der Waals surface area contributed by atoms with Gasteiger partial charge in [-0.1, -0.05) is 0 Å². The smallest absolute Gasteiger partial charge is 0.407 e. The molecular formula is C20H27F3N4O2S. The number of fused-ring (bicyclic) bond motifs is 1. The van der Waals surface area contributed by atoms with Gasteiger partial charge in [-0.3, -0.25) is 0 Å². The predicted octanol–water partition coefficient (Wildman–Crippen LogP) is 4.99. The van der Waals surface area contributed by atoms with Crippen LogP contribution in [0.4, 0.5) is 23.8 Å². The maximum atomic E-state index is 12.8. The van der Waals surface area contributed by atoms with Gasteiger partial charge in [-0.05, 0) is 53.0 Å². The Morgan fingerprint density at radius 2 is 2.00 bits per heavy atom. The number of anilines is 1. The Kier molecular flexibility index (Phi) is 6.18. The molecule has 0 aliphatic heterocycles. The molecule has 1 N–H and O–H groups in total. The largest absolute Gasteiger partial charge is 0.444 e. The van der Waals surface area contributed by atoms with E-state index in [0.717, 1.165) is 24.2 Å². The average Bonchev–Trinajstić information content (AvgIpc) is 3.16. The molecule has 2 aromatic heterocycles. The highest BCUT2D eigenvalue weighted by atomic mass is 32.1. The van der Waals surface area contributed by atoms with Gasteiger partial charge in [-0.15, -0.1) is 11.3 Å². The van der Waals surface area contributed by atoms with E-state index in [4.69, 9.17) is 4.74 Å². The zero-order chi connectivity index (χ0) is 22.3. The summed E-state index contributed by atoms with van der Waals surface area (Å²) in [7, 11) is 1.89. The van der Waals surface area contributed by atoms with Crippen LogP contribution in [0.15, 0.2) is 6.07 Å². The van der Waals surface area contributed by atoms with Crippen molar-refractivity contribution < 1.29 is 22.7 Å². The van der Waals surface area contributed by atoms with E-state index in [1.54, 1.807) is 13.0 Å². The van der Waals surface area contributed by atoms with Gasteiger partial charge in [0.15, 0.2) is 0 Å². The van der Waals surface area contributed by atoms with Gasteiger partial charge in [0.05, 0.1) is 11.8 Å². The average molecular weight is 445 g/mol. The van der Waals surface area contributed by atoms with Gasteiger partial charge in [0, 0.05) is 24.0 Å². The molecule has 10 heteroatoms. The molecule has 1 aliphatic carbocycles. The Morgan fingerprint density at radius 1 is 1.30 bits per heavy atom. The number of carbonyl (C=O) groups excluding carboxylic acids is 1. The van der Waals surface area contributed by atoms with Gasteiger partial charge in [0.25, 0.3) is 0 Å². The fourth-order valence-electron chi connectivity index (χ4n) is 3.70. The van der Waals surface area contributed by atoms with Gasteiger partial charge in [-0.2, -0.15) is 13.2 Å². The van der Waals surface area contributed by atoms with Crippen molar-refractivity contribution in [1.29, 1.82) is 0 Å². The van der Waals surface area contributed by atoms with Crippen molar-refractivity contribution >= 4 is 33.5 Å². The molecule has 2 atom stereocenters. The summed E-state index contributed by atoms with van der Waals surface area (Å²) < 4.78 is 43.8. The number of hydrogen-bond donors (Lipinski definition) is 1. The summed E-state index contributed by atoms with van der Waals surface area (Å²) >= 11 is 1.06. The number of alkyl carbamates (subject to hydrolysis) is 1. The van der Waals surface area contributed by atoms with Crippen molar-refractivity contribution in [1.82, 2.24) is 15.3 Å². The number of halogens is 3. The Balaban J connectivity index is 1.75. The lowest BCUT2D eigenvalue weighted by atomic mass is 10.2. The molecule has 0 bridgehead atoms. The molecule has 0 aromatic carbocycles. The van der Waals surface area contributed by atoms with Crippen molar-refractivity contribution in [3.8, 4) is 0 Å². The van der Waals surface area contributed by atoms with Crippen molar-refractivity contribution in [2.75, 3.05) is 11.9 Å². The minimum Gasteiger partial charge on any atom is -0.444 e. The lowest BCUT2D eigenvalue weighted by molar-refractivity contribution is -0.126. The summed E-state index contributed by atoms with van der Waals surface area (Å²) in [6.45, 7) is 7.18. The first-order chi connectivity index (χ1) is 13.8. The highest BCUT2D eigenvalue weighted by molar-refractivity contribution is 7.18. The quantitative estimate of drug-likeness (QED) is 0.720. The second kappa shape index (κ2) is 8.20. The van der Waals surface area contributed by atoms with Gasteiger partial charge < -0.3 is 15.0 Å². The molecule has 1 aliphatic rings. The van der Waals surface area contributed by atoms with Crippen LogP contribution in [0.5, 0.6) is 0 Å². The van der Waals surface area contributed by atoms with Gasteiger partial charge >= 0.3 is 12.3 Å². The molecule has 0 spiro atoms. The number of hydrogen-bond acceptors (Lipinski definition) is 6. The molecule has 1 amide bonds. The molecule has 0 saturated heterocycles. The second-order valence-corrected chi connectivity index (χ2v) is 9.85. The van der Waals surface area contributed by atoms with Crippen LogP contribution in [0.1, 0.15) is 50.7 Å². The number of carbonyl (C=O) groups is 1. The number of aryl methyl sites for hydroxylation is 1. The normalized spacial score (nSPS) is 19.9. The Hall–Kier alpha value is -2.10. The van der Waals surface area contributed by atoms with Crippen LogP contribution in [0.25, 0.3) is 10.2 Å². The summed E-state index contributed by atoms with van der Waals surface area (Å²) in [5.41, 5.74) is -0.559. The minimum atomic E-state index is -4.26. The van der Waals surface area contributed by atoms with Crippen molar-refractivity contribution in [2.24, 2.45) is 0 Å². The molecule has 30 heavy (non-hydrogen) atoms. The third-order valence-corrected chi connectivity index (χ3v) is 5.95. The van der Waals surface area contributed by atoms with E-state index in [-0.39, 0.29) is 17.0 Å². The Labute approximate surface area is 177 Å². The molecule has 1 saturated carbocycles. The SMILES string of the molecule is Cc1nc(N(C)C2CCC(NC(=O)OC(C)(C)C)C2)c2cc(CC(F)(F)F)sc2n1. The zero-order valence-electron chi connectivity index (χ0n) is 17.8. The minimum absolute atomic E-state index is 0.0195. The standard InChI is InChI=1S/C20H27F3N4O2S/c1-11-24-16(15-9-14(10-20(21,22)23)30-17(15)25-11)27(5)13-7-6-12(8-13)26-18(28)29-19(2,3)4/h9,12-13H,6-8,10H2,1-5H3,(H,26,28). The third-order valence-electron chi connectivity index (χ3n) is 4.92. The number of nitrogens with one attached hydrogen (secondary N) is 1. The first-order valence-electron chi connectivity index (χ1n) is 9.87. The summed E-state index contributed by atoms with van der Waals surface area (Å²) in [5.74, 6) is 1.15. The van der Waals surface area contributed by atoms with E-state index in [1.807, 2.05) is 32.7 Å². The predicted molar refractivity (Wildman–Crippen MR) is 111 cm³/mol. The Morgan fingerprint density at radius 3 is 2.63 bits per heavy atom. The fraction of sp³-hybridized carbons (Fsp3) is 0.650. The molecule has 0 radical (unpaired) electrons. The summed E-state index contributed by atoms with van der Waals surface area (Å²) in [4.78, 5) is 23.7. The van der Waals surface area contributed by atoms with E-state index >= 15 is 0 Å². The first-order valence-corrected chi connectivity index (χ1v) is 10.7. The lowest BCUT2D eigenvalue weighted by Gasteiger charge is -2.27. The highest BCUT2D eigenvalue weighted by Crippen LogP contribution is 2.36. The molecule has 6 nitrogen and oxygen atoms in total. The summed E-state index contributed by atoms with van der Waals surface area (Å²) in [6, 6.07) is 1.63. The van der Waals surface area contributed by atoms with Crippen LogP contribution in [0.3, 0.4) is 0 Å². The number of alkyl halides is 3. The molecule has 166 valence electrons. The number of rotatable bonds is 4. The van der Waals surface area contributed by atoms with E-state index in [1.165, 1.54) is 0 Å². The van der Waals surface area contributed by atoms with Crippen LogP contribution >= 0.6 is 11.3 Å². The summed E-state index contributed by atoms with van der Waals surface area (Å²) in [5, 5.41) is 3.54. The summed E-state index contributed by atoms with van der Waals surface area (Å²) in [6.07, 6.45) is -3.33. The number of thiophene rings is 1. The van der Waals surface area contributed by atoms with Gasteiger partial charge in [-0.25, -0.2) is 14.8 Å². The fourth-order valence-corrected chi connectivity index (χ4v) is 4.80. The number of amides is 1. The maximum absolute atomic E-state index is 12.8. The molecule has 2 heterocycles. The third kappa shape index (κ3) is 5.74. The van der Waals surface area contributed by atoms with E-state index in [2.05, 4.69) is 15.3 Å². The highest BCUT2D eigenvalue weighted by Gasteiger charge is 2.32. The Bertz CT molecular complexity index is 923. The van der Waals surface area contributed by atoms with Crippen LogP contribution in [-0.2, 0) is 11.2 Å². The van der Waals surface area contributed by atoms with Gasteiger partial charge in [0.1, 0.15) is 22.1 Å². The molecule has 2 unspecified atom stereocenters. The van der Waals surface area contributed by atoms with Crippen LogP contribution in [-0.4, -0.2) is 47.0 Å². The van der Waals surface area contributed by atoms with Crippen molar-refractivity contribution in [3.63, 3.8) is 0 Å². The zero-order valence-corrected chi connectivity index (χ0v) is 18.6. The first kappa shape index (κ1) is 22.6.